The summed E-state index contributed by atoms with van der Waals surface area (Å²) in [7, 11) is 3.96. The molecule has 1 aromatic rings. The topological polar surface area (TPSA) is 44.8 Å². The second kappa shape index (κ2) is 13.4. The lowest BCUT2D eigenvalue weighted by molar-refractivity contribution is 0.0130. The van der Waals surface area contributed by atoms with Crippen LogP contribution >= 0.6 is 0 Å². The fourth-order valence-electron chi connectivity index (χ4n) is 3.91. The van der Waals surface area contributed by atoms with Gasteiger partial charge in [0.1, 0.15) is 5.82 Å². The Morgan fingerprint density at radius 3 is 2.47 bits per heavy atom. The molecule has 1 N–H and O–H groups in total. The van der Waals surface area contributed by atoms with Crippen molar-refractivity contribution >= 4 is 11.7 Å². The molecule has 1 aromatic carbocycles. The van der Waals surface area contributed by atoms with Crippen LogP contribution in [0.1, 0.15) is 51.4 Å². The molecule has 1 fully saturated rings. The molecule has 0 heterocycles. The minimum Gasteiger partial charge on any atom is -0.378 e. The molecule has 0 atom stereocenters. The lowest BCUT2D eigenvalue weighted by atomic mass is 9.92. The second-order valence-corrected chi connectivity index (χ2v) is 8.31. The lowest BCUT2D eigenvalue weighted by Crippen LogP contribution is -2.42. The average molecular weight is 420 g/mol. The third-order valence-electron chi connectivity index (χ3n) is 5.84. The van der Waals surface area contributed by atoms with Gasteiger partial charge in [-0.05, 0) is 76.4 Å². The fraction of sp³-hybridized carbons (Fsp3) is 0.625. The third kappa shape index (κ3) is 8.84. The molecular formula is C24H38FN3O2. The molecule has 2 rings (SSSR count). The zero-order valence-electron chi connectivity index (χ0n) is 18.6. The Morgan fingerprint density at radius 2 is 1.80 bits per heavy atom. The second-order valence-electron chi connectivity index (χ2n) is 8.31. The van der Waals surface area contributed by atoms with Gasteiger partial charge in [0.2, 0.25) is 0 Å². The molecule has 0 radical (unpaired) electrons. The van der Waals surface area contributed by atoms with E-state index in [1.165, 1.54) is 31.4 Å². The Labute approximate surface area is 181 Å². The predicted octanol–water partition coefficient (Wildman–Crippen LogP) is 5.30. The molecule has 168 valence electrons. The van der Waals surface area contributed by atoms with Crippen molar-refractivity contribution in [2.75, 3.05) is 39.1 Å². The van der Waals surface area contributed by atoms with Crippen molar-refractivity contribution in [3.8, 4) is 0 Å². The maximum absolute atomic E-state index is 13.0. The van der Waals surface area contributed by atoms with E-state index >= 15 is 0 Å². The van der Waals surface area contributed by atoms with Crippen molar-refractivity contribution in [1.82, 2.24) is 9.80 Å². The number of nitrogens with zero attached hydrogens (tertiary/aromatic N) is 2. The van der Waals surface area contributed by atoms with Gasteiger partial charge in [-0.2, -0.15) is 0 Å². The van der Waals surface area contributed by atoms with Gasteiger partial charge in [0.05, 0.1) is 6.10 Å². The van der Waals surface area contributed by atoms with E-state index < -0.39 is 0 Å². The monoisotopic (exact) mass is 419 g/mol. The van der Waals surface area contributed by atoms with E-state index in [4.69, 9.17) is 4.74 Å². The average Bonchev–Trinajstić information content (AvgIpc) is 2.74. The number of carbonyl (C=O) groups excluding carboxylic acids is 1. The summed E-state index contributed by atoms with van der Waals surface area (Å²) in [5.41, 5.74) is 0.609. The number of anilines is 1. The number of ether oxygens (including phenoxy) is 1. The molecule has 6 heteroatoms. The quantitative estimate of drug-likeness (QED) is 0.370. The smallest absolute Gasteiger partial charge is 0.321 e. The van der Waals surface area contributed by atoms with Gasteiger partial charge in [0, 0.05) is 31.9 Å². The van der Waals surface area contributed by atoms with Crippen molar-refractivity contribution in [3.05, 3.63) is 42.7 Å². The summed E-state index contributed by atoms with van der Waals surface area (Å²) in [5.74, 6) is -0.309. The van der Waals surface area contributed by atoms with Crippen LogP contribution in [0.4, 0.5) is 14.9 Å². The summed E-state index contributed by atoms with van der Waals surface area (Å²) in [5, 5.41) is 2.83. The van der Waals surface area contributed by atoms with E-state index in [2.05, 4.69) is 23.8 Å². The van der Waals surface area contributed by atoms with Gasteiger partial charge in [-0.25, -0.2) is 9.18 Å². The molecule has 0 aromatic heterocycles. The number of urea groups is 1. The Bertz CT molecular complexity index is 630. The number of unbranched alkanes of at least 4 members (excludes halogenated alkanes) is 3. The number of hydrogen-bond acceptors (Lipinski definition) is 3. The van der Waals surface area contributed by atoms with Gasteiger partial charge >= 0.3 is 6.03 Å². The van der Waals surface area contributed by atoms with Crippen LogP contribution < -0.4 is 5.32 Å². The highest BCUT2D eigenvalue weighted by Gasteiger charge is 2.27. The number of hydrogen-bond donors (Lipinski definition) is 1. The maximum atomic E-state index is 13.0. The van der Waals surface area contributed by atoms with E-state index in [-0.39, 0.29) is 17.9 Å². The summed E-state index contributed by atoms with van der Waals surface area (Å²) in [6.45, 7) is 6.67. The molecule has 1 aliphatic carbocycles. The van der Waals surface area contributed by atoms with Crippen LogP contribution in [0.5, 0.6) is 0 Å². The van der Waals surface area contributed by atoms with Gasteiger partial charge in [-0.15, -0.1) is 6.58 Å². The van der Waals surface area contributed by atoms with Crippen LogP contribution in [0.2, 0.25) is 0 Å². The van der Waals surface area contributed by atoms with Crippen LogP contribution in [-0.2, 0) is 4.74 Å². The van der Waals surface area contributed by atoms with E-state index in [0.29, 0.717) is 11.8 Å². The van der Waals surface area contributed by atoms with Gasteiger partial charge in [-0.1, -0.05) is 18.9 Å². The van der Waals surface area contributed by atoms with Crippen LogP contribution in [0.15, 0.2) is 36.9 Å². The minimum absolute atomic E-state index is 0.148. The molecule has 30 heavy (non-hydrogen) atoms. The van der Waals surface area contributed by atoms with Crippen LogP contribution in [0.3, 0.4) is 0 Å². The maximum Gasteiger partial charge on any atom is 0.321 e. The van der Waals surface area contributed by atoms with E-state index in [1.54, 1.807) is 17.0 Å². The fourth-order valence-corrected chi connectivity index (χ4v) is 3.91. The summed E-state index contributed by atoms with van der Waals surface area (Å²) in [6, 6.07) is 5.91. The normalized spacial score (nSPS) is 18.9. The first-order chi connectivity index (χ1) is 14.5. The minimum atomic E-state index is -0.309. The molecule has 1 aliphatic rings. The molecule has 2 amide bonds. The molecule has 0 aliphatic heterocycles. The van der Waals surface area contributed by atoms with Gasteiger partial charge < -0.3 is 19.9 Å². The largest absolute Gasteiger partial charge is 0.378 e. The number of benzene rings is 1. The Kier molecular flexibility index (Phi) is 10.9. The van der Waals surface area contributed by atoms with Gasteiger partial charge in [0.25, 0.3) is 0 Å². The molecule has 0 saturated heterocycles. The Balaban J connectivity index is 1.55. The Morgan fingerprint density at radius 1 is 1.13 bits per heavy atom. The van der Waals surface area contributed by atoms with Crippen molar-refractivity contribution in [1.29, 1.82) is 0 Å². The van der Waals surface area contributed by atoms with E-state index in [1.807, 2.05) is 13.1 Å². The lowest BCUT2D eigenvalue weighted by Gasteiger charge is -2.34. The highest BCUT2D eigenvalue weighted by Crippen LogP contribution is 2.25. The summed E-state index contributed by atoms with van der Waals surface area (Å²) in [6.07, 6.45) is 10.9. The molecule has 0 unspecified atom stereocenters. The zero-order chi connectivity index (χ0) is 21.8. The van der Waals surface area contributed by atoms with Crippen molar-refractivity contribution in [2.24, 2.45) is 0 Å². The van der Waals surface area contributed by atoms with Crippen LogP contribution in [0.25, 0.3) is 0 Å². The standard InChI is InChI=1S/C24H38FN3O2/c1-4-17-27(2)18-7-5-6-8-19-30-23-15-13-22(14-16-23)28(3)24(29)26-21-11-9-20(25)10-12-21/h4,9-12,22-23H,1,5-8,13-19H2,2-3H3,(H,26,29)/t22-,23-. The third-order valence-corrected chi connectivity index (χ3v) is 5.84. The van der Waals surface area contributed by atoms with Gasteiger partial charge in [-0.3, -0.25) is 0 Å². The van der Waals surface area contributed by atoms with E-state index in [0.717, 1.165) is 51.8 Å². The number of likely N-dealkylation sites (N-methyl/N-ethyl adjacent to an activating group) is 1. The van der Waals surface area contributed by atoms with Crippen molar-refractivity contribution in [2.45, 2.75) is 63.5 Å². The predicted molar refractivity (Wildman–Crippen MR) is 121 cm³/mol. The van der Waals surface area contributed by atoms with Crippen LogP contribution in [-0.4, -0.2) is 61.8 Å². The number of nitrogens with one attached hydrogen (secondary N) is 1. The summed E-state index contributed by atoms with van der Waals surface area (Å²) >= 11 is 0. The number of halogens is 1. The SMILES string of the molecule is C=CCN(C)CCCCCCO[C@H]1CC[C@H](N(C)C(=O)Nc2ccc(F)cc2)CC1. The van der Waals surface area contributed by atoms with Crippen molar-refractivity contribution in [3.63, 3.8) is 0 Å². The number of carbonyl (C=O) groups is 1. The summed E-state index contributed by atoms with van der Waals surface area (Å²) in [4.78, 5) is 16.5. The van der Waals surface area contributed by atoms with E-state index in [9.17, 15) is 9.18 Å². The first-order valence-corrected chi connectivity index (χ1v) is 11.2. The highest BCUT2D eigenvalue weighted by molar-refractivity contribution is 5.89. The zero-order valence-corrected chi connectivity index (χ0v) is 18.6. The first-order valence-electron chi connectivity index (χ1n) is 11.2. The molecule has 5 nitrogen and oxygen atoms in total. The Hall–Kier alpha value is -1.92. The first kappa shape index (κ1) is 24.4. The molecule has 1 saturated carbocycles. The van der Waals surface area contributed by atoms with Crippen LogP contribution in [0, 0.1) is 5.82 Å². The number of amides is 2. The number of rotatable bonds is 12. The molecule has 0 bridgehead atoms. The summed E-state index contributed by atoms with van der Waals surface area (Å²) < 4.78 is 19.1. The van der Waals surface area contributed by atoms with Crippen molar-refractivity contribution < 1.29 is 13.9 Å². The van der Waals surface area contributed by atoms with Gasteiger partial charge in [0.15, 0.2) is 0 Å². The molecule has 0 spiro atoms. The molecular weight excluding hydrogens is 381 g/mol. The highest BCUT2D eigenvalue weighted by atomic mass is 19.1.